The monoisotopic (exact) mass is 500 g/mol. The molecule has 0 aliphatic carbocycles. The molecule has 0 unspecified atom stereocenters. The molecule has 0 atom stereocenters. The van der Waals surface area contributed by atoms with Crippen LogP contribution in [0.3, 0.4) is 0 Å². The van der Waals surface area contributed by atoms with Crippen molar-refractivity contribution in [2.45, 2.75) is 33.2 Å². The number of halogens is 2. The topological polar surface area (TPSA) is 41.8 Å². The number of aromatic nitrogens is 1. The van der Waals surface area contributed by atoms with Crippen molar-refractivity contribution >= 4 is 45.9 Å². The maximum absolute atomic E-state index is 5.56. The molecule has 1 heterocycles. The molecule has 0 aromatic carbocycles. The van der Waals surface area contributed by atoms with Gasteiger partial charge in [0, 0.05) is 43.6 Å². The molecule has 0 fully saturated rings. The first kappa shape index (κ1) is 22.7. The first-order chi connectivity index (χ1) is 10.6. The SMILES string of the molecule is CCCCOCCN=C(NCC)N(C)Cc1cc(Br)cn1C.I. The lowest BCUT2D eigenvalue weighted by atomic mass is 10.4. The Hall–Kier alpha value is -0.280. The van der Waals surface area contributed by atoms with Gasteiger partial charge in [-0.15, -0.1) is 24.0 Å². The zero-order valence-electron chi connectivity index (χ0n) is 14.6. The lowest BCUT2D eigenvalue weighted by molar-refractivity contribution is 0.138. The number of nitrogens with one attached hydrogen (secondary N) is 1. The smallest absolute Gasteiger partial charge is 0.194 e. The molecule has 5 nitrogen and oxygen atoms in total. The molecule has 0 saturated heterocycles. The minimum absolute atomic E-state index is 0. The van der Waals surface area contributed by atoms with Gasteiger partial charge in [0.1, 0.15) is 0 Å². The average Bonchev–Trinajstić information content (AvgIpc) is 2.79. The highest BCUT2D eigenvalue weighted by Gasteiger charge is 2.09. The predicted molar refractivity (Wildman–Crippen MR) is 112 cm³/mol. The fraction of sp³-hybridized carbons (Fsp3) is 0.688. The quantitative estimate of drug-likeness (QED) is 0.244. The summed E-state index contributed by atoms with van der Waals surface area (Å²) in [5, 5.41) is 3.33. The normalized spacial score (nSPS) is 11.3. The van der Waals surface area contributed by atoms with E-state index in [4.69, 9.17) is 4.74 Å². The minimum atomic E-state index is 0. The average molecular weight is 501 g/mol. The van der Waals surface area contributed by atoms with Crippen molar-refractivity contribution in [2.24, 2.45) is 12.0 Å². The van der Waals surface area contributed by atoms with E-state index in [0.29, 0.717) is 13.2 Å². The first-order valence-corrected chi connectivity index (χ1v) is 8.75. The molecule has 1 N–H and O–H groups in total. The first-order valence-electron chi connectivity index (χ1n) is 7.96. The number of rotatable bonds is 9. The number of hydrogen-bond donors (Lipinski definition) is 1. The van der Waals surface area contributed by atoms with Crippen molar-refractivity contribution in [1.29, 1.82) is 0 Å². The maximum Gasteiger partial charge on any atom is 0.194 e. The summed E-state index contributed by atoms with van der Waals surface area (Å²) in [7, 11) is 4.11. The van der Waals surface area contributed by atoms with Crippen molar-refractivity contribution in [3.63, 3.8) is 0 Å². The molecule has 23 heavy (non-hydrogen) atoms. The highest BCUT2D eigenvalue weighted by atomic mass is 127. The second kappa shape index (κ2) is 13.1. The van der Waals surface area contributed by atoms with E-state index in [1.54, 1.807) is 0 Å². The van der Waals surface area contributed by atoms with Crippen molar-refractivity contribution in [1.82, 2.24) is 14.8 Å². The van der Waals surface area contributed by atoms with Gasteiger partial charge < -0.3 is 19.5 Å². The molecule has 1 aromatic rings. The number of ether oxygens (including phenoxy) is 1. The summed E-state index contributed by atoms with van der Waals surface area (Å²) in [5.41, 5.74) is 1.24. The Labute approximate surface area is 166 Å². The van der Waals surface area contributed by atoms with Crippen LogP contribution in [0.1, 0.15) is 32.4 Å². The molecule has 0 bridgehead atoms. The summed E-state index contributed by atoms with van der Waals surface area (Å²) in [6, 6.07) is 2.13. The summed E-state index contributed by atoms with van der Waals surface area (Å²) in [6.07, 6.45) is 4.35. The Balaban J connectivity index is 0.00000484. The summed E-state index contributed by atoms with van der Waals surface area (Å²) < 4.78 is 8.78. The minimum Gasteiger partial charge on any atom is -0.380 e. The van der Waals surface area contributed by atoms with Crippen molar-refractivity contribution in [3.05, 3.63) is 22.4 Å². The van der Waals surface area contributed by atoms with Gasteiger partial charge >= 0.3 is 0 Å². The van der Waals surface area contributed by atoms with Crippen molar-refractivity contribution < 1.29 is 4.74 Å². The van der Waals surface area contributed by atoms with Crippen LogP contribution < -0.4 is 5.32 Å². The number of guanidine groups is 1. The molecule has 134 valence electrons. The van der Waals surface area contributed by atoms with E-state index < -0.39 is 0 Å². The van der Waals surface area contributed by atoms with Gasteiger partial charge in [0.05, 0.1) is 19.7 Å². The number of aryl methyl sites for hydroxylation is 1. The van der Waals surface area contributed by atoms with E-state index >= 15 is 0 Å². The van der Waals surface area contributed by atoms with E-state index in [1.807, 2.05) is 0 Å². The lowest BCUT2D eigenvalue weighted by Crippen LogP contribution is -2.39. The molecule has 0 saturated carbocycles. The molecule has 7 heteroatoms. The van der Waals surface area contributed by atoms with Gasteiger partial charge in [0.2, 0.25) is 0 Å². The summed E-state index contributed by atoms with van der Waals surface area (Å²) >= 11 is 3.51. The number of hydrogen-bond acceptors (Lipinski definition) is 2. The van der Waals surface area contributed by atoms with Crippen LogP contribution in [-0.4, -0.2) is 48.8 Å². The van der Waals surface area contributed by atoms with Gasteiger partial charge in [0.15, 0.2) is 5.96 Å². The molecule has 1 rings (SSSR count). The standard InChI is InChI=1S/C16H29BrN4O.HI/c1-5-7-9-22-10-8-19-16(18-6-2)21(4)13-15-11-14(17)12-20(15)3;/h11-12H,5-10,13H2,1-4H3,(H,18,19);1H. The fourth-order valence-corrected chi connectivity index (χ4v) is 2.65. The van der Waals surface area contributed by atoms with Gasteiger partial charge in [-0.1, -0.05) is 13.3 Å². The largest absolute Gasteiger partial charge is 0.380 e. The lowest BCUT2D eigenvalue weighted by Gasteiger charge is -2.22. The Morgan fingerprint density at radius 3 is 2.70 bits per heavy atom. The number of aliphatic imine (C=N–C) groups is 1. The Morgan fingerprint density at radius 1 is 1.39 bits per heavy atom. The van der Waals surface area contributed by atoms with Crippen LogP contribution in [0.2, 0.25) is 0 Å². The van der Waals surface area contributed by atoms with Crippen LogP contribution >= 0.6 is 39.9 Å². The predicted octanol–water partition coefficient (Wildman–Crippen LogP) is 3.62. The Kier molecular flexibility index (Phi) is 12.9. The molecule has 0 aliphatic heterocycles. The second-order valence-electron chi connectivity index (χ2n) is 5.32. The van der Waals surface area contributed by atoms with E-state index in [9.17, 15) is 0 Å². The molecule has 0 radical (unpaired) electrons. The third-order valence-corrected chi connectivity index (χ3v) is 3.74. The summed E-state index contributed by atoms with van der Waals surface area (Å²) in [5.74, 6) is 0.916. The maximum atomic E-state index is 5.56. The zero-order valence-corrected chi connectivity index (χ0v) is 18.6. The van der Waals surface area contributed by atoms with Crippen LogP contribution in [0.5, 0.6) is 0 Å². The van der Waals surface area contributed by atoms with Crippen LogP contribution in [0.15, 0.2) is 21.7 Å². The van der Waals surface area contributed by atoms with E-state index in [1.165, 1.54) is 12.1 Å². The second-order valence-corrected chi connectivity index (χ2v) is 6.23. The van der Waals surface area contributed by atoms with Gasteiger partial charge in [-0.05, 0) is 35.3 Å². The van der Waals surface area contributed by atoms with Crippen LogP contribution in [0.4, 0.5) is 0 Å². The van der Waals surface area contributed by atoms with Crippen LogP contribution in [0, 0.1) is 0 Å². The zero-order chi connectivity index (χ0) is 16.4. The third-order valence-electron chi connectivity index (χ3n) is 3.31. The van der Waals surface area contributed by atoms with E-state index in [-0.39, 0.29) is 24.0 Å². The molecule has 0 amide bonds. The summed E-state index contributed by atoms with van der Waals surface area (Å²) in [4.78, 5) is 6.77. The van der Waals surface area contributed by atoms with E-state index in [2.05, 4.69) is 75.9 Å². The van der Waals surface area contributed by atoms with Gasteiger partial charge in [-0.3, -0.25) is 4.99 Å². The van der Waals surface area contributed by atoms with Crippen molar-refractivity contribution in [2.75, 3.05) is 33.4 Å². The van der Waals surface area contributed by atoms with Crippen molar-refractivity contribution in [3.8, 4) is 0 Å². The molecule has 1 aromatic heterocycles. The molecule has 0 spiro atoms. The highest BCUT2D eigenvalue weighted by Crippen LogP contribution is 2.14. The molecular weight excluding hydrogens is 471 g/mol. The van der Waals surface area contributed by atoms with Crippen LogP contribution in [0.25, 0.3) is 0 Å². The highest BCUT2D eigenvalue weighted by molar-refractivity contribution is 14.0. The third kappa shape index (κ3) is 8.95. The van der Waals surface area contributed by atoms with Crippen LogP contribution in [-0.2, 0) is 18.3 Å². The van der Waals surface area contributed by atoms with Gasteiger partial charge in [-0.2, -0.15) is 0 Å². The Bertz CT molecular complexity index is 465. The number of unbranched alkanes of at least 4 members (excludes halogenated alkanes) is 1. The fourth-order valence-electron chi connectivity index (χ4n) is 2.08. The Morgan fingerprint density at radius 2 is 2.13 bits per heavy atom. The molecule has 0 aliphatic rings. The summed E-state index contributed by atoms with van der Waals surface area (Å²) in [6.45, 7) is 8.12. The van der Waals surface area contributed by atoms with E-state index in [0.717, 1.165) is 36.5 Å². The molecular formula is C16H30BrIN4O. The number of nitrogens with zero attached hydrogens (tertiary/aromatic N) is 3. The van der Waals surface area contributed by atoms with Gasteiger partial charge in [0.25, 0.3) is 0 Å². The van der Waals surface area contributed by atoms with Gasteiger partial charge in [-0.25, -0.2) is 0 Å².